The first-order valence-corrected chi connectivity index (χ1v) is 6.96. The topological polar surface area (TPSA) is 55.8 Å². The lowest BCUT2D eigenvalue weighted by atomic mass is 9.99. The van der Waals surface area contributed by atoms with Crippen LogP contribution in [0.1, 0.15) is 13.8 Å². The van der Waals surface area contributed by atoms with E-state index in [4.69, 9.17) is 0 Å². The molecule has 5 heteroatoms. The Balaban J connectivity index is 2.16. The average molecular weight is 277 g/mol. The van der Waals surface area contributed by atoms with Gasteiger partial charge in [-0.15, -0.1) is 0 Å². The number of phenols is 1. The van der Waals surface area contributed by atoms with E-state index in [1.165, 1.54) is 0 Å². The molecule has 1 aliphatic rings. The van der Waals surface area contributed by atoms with Crippen molar-refractivity contribution in [3.8, 4) is 5.75 Å². The lowest BCUT2D eigenvalue weighted by molar-refractivity contribution is -0.129. The van der Waals surface area contributed by atoms with Crippen LogP contribution in [0.3, 0.4) is 0 Å². The first-order valence-electron chi connectivity index (χ1n) is 6.96. The summed E-state index contributed by atoms with van der Waals surface area (Å²) in [5.41, 5.74) is 0.153. The molecular formula is C15H23N3O2. The third-order valence-electron chi connectivity index (χ3n) is 3.95. The zero-order valence-corrected chi connectivity index (χ0v) is 12.4. The number of aromatic hydroxyl groups is 1. The highest BCUT2D eigenvalue weighted by Crippen LogP contribution is 2.24. The summed E-state index contributed by atoms with van der Waals surface area (Å²) in [4.78, 5) is 16.6. The van der Waals surface area contributed by atoms with Crippen molar-refractivity contribution in [2.45, 2.75) is 19.4 Å². The lowest BCUT2D eigenvalue weighted by Crippen LogP contribution is -2.60. The Hall–Kier alpha value is -1.59. The van der Waals surface area contributed by atoms with Gasteiger partial charge >= 0.3 is 0 Å². The van der Waals surface area contributed by atoms with Crippen LogP contribution in [0.15, 0.2) is 24.3 Å². The Bertz CT molecular complexity index is 482. The average Bonchev–Trinajstić information content (AvgIpc) is 2.46. The second kappa shape index (κ2) is 5.81. The molecule has 110 valence electrons. The number of likely N-dealkylation sites (N-methyl/N-ethyl adjacent to an activating group) is 1. The number of amides is 1. The molecule has 0 unspecified atom stereocenters. The molecule has 1 aromatic carbocycles. The van der Waals surface area contributed by atoms with Crippen LogP contribution in [0.25, 0.3) is 0 Å². The van der Waals surface area contributed by atoms with Gasteiger partial charge in [-0.25, -0.2) is 0 Å². The molecule has 0 aromatic heterocycles. The van der Waals surface area contributed by atoms with Crippen LogP contribution in [0.2, 0.25) is 0 Å². The number of phenolic OH excluding ortho intramolecular Hbond substituents is 1. The van der Waals surface area contributed by atoms with Crippen molar-refractivity contribution in [3.05, 3.63) is 24.3 Å². The fourth-order valence-corrected chi connectivity index (χ4v) is 2.59. The van der Waals surface area contributed by atoms with E-state index >= 15 is 0 Å². The normalized spacial score (nSPS) is 16.9. The first kappa shape index (κ1) is 14.8. The van der Waals surface area contributed by atoms with Gasteiger partial charge in [0.2, 0.25) is 5.91 Å². The van der Waals surface area contributed by atoms with Gasteiger partial charge in [-0.2, -0.15) is 0 Å². The minimum atomic E-state index is -0.553. The Morgan fingerprint density at radius 2 is 2.00 bits per heavy atom. The fourth-order valence-electron chi connectivity index (χ4n) is 2.59. The van der Waals surface area contributed by atoms with E-state index in [9.17, 15) is 9.90 Å². The molecule has 0 radical (unpaired) electrons. The maximum absolute atomic E-state index is 12.8. The molecule has 2 N–H and O–H groups in total. The first-order chi connectivity index (χ1) is 9.43. The van der Waals surface area contributed by atoms with E-state index in [1.807, 2.05) is 19.9 Å². The second-order valence-electron chi connectivity index (χ2n) is 5.68. The molecular weight excluding hydrogens is 254 g/mol. The minimum Gasteiger partial charge on any atom is -0.508 e. The number of benzene rings is 1. The van der Waals surface area contributed by atoms with Gasteiger partial charge in [-0.1, -0.05) is 6.07 Å². The highest BCUT2D eigenvalue weighted by atomic mass is 16.3. The maximum Gasteiger partial charge on any atom is 0.246 e. The molecule has 1 fully saturated rings. The Morgan fingerprint density at radius 1 is 1.35 bits per heavy atom. The standard InChI is InChI=1S/C15H23N3O2/c1-15(2,18-9-7-16-8-10-18)14(20)17(3)12-5-4-6-13(19)11-12/h4-6,11,16,19H,7-10H2,1-3H3. The Kier molecular flexibility index (Phi) is 4.30. The number of rotatable bonds is 3. The van der Waals surface area contributed by atoms with Gasteiger partial charge in [0.1, 0.15) is 5.75 Å². The third kappa shape index (κ3) is 2.94. The van der Waals surface area contributed by atoms with Gasteiger partial charge in [0.05, 0.1) is 5.54 Å². The molecule has 2 rings (SSSR count). The van der Waals surface area contributed by atoms with Gasteiger partial charge in [0, 0.05) is 45.0 Å². The van der Waals surface area contributed by atoms with Crippen LogP contribution >= 0.6 is 0 Å². The number of piperazine rings is 1. The Labute approximate surface area is 120 Å². The molecule has 1 saturated heterocycles. The number of nitrogens with zero attached hydrogens (tertiary/aromatic N) is 2. The van der Waals surface area contributed by atoms with Crippen molar-refractivity contribution < 1.29 is 9.90 Å². The number of carbonyl (C=O) groups is 1. The highest BCUT2D eigenvalue weighted by molar-refractivity contribution is 5.99. The van der Waals surface area contributed by atoms with E-state index in [-0.39, 0.29) is 11.7 Å². The molecule has 0 saturated carbocycles. The summed E-state index contributed by atoms with van der Waals surface area (Å²) in [7, 11) is 1.75. The van der Waals surface area contributed by atoms with Crippen LogP contribution in [0.5, 0.6) is 5.75 Å². The summed E-state index contributed by atoms with van der Waals surface area (Å²) >= 11 is 0. The molecule has 20 heavy (non-hydrogen) atoms. The summed E-state index contributed by atoms with van der Waals surface area (Å²) in [5, 5.41) is 12.8. The zero-order chi connectivity index (χ0) is 14.8. The van der Waals surface area contributed by atoms with Crippen LogP contribution in [-0.2, 0) is 4.79 Å². The molecule has 0 bridgehead atoms. The molecule has 0 aliphatic carbocycles. The summed E-state index contributed by atoms with van der Waals surface area (Å²) in [6, 6.07) is 6.77. The molecule has 1 aliphatic heterocycles. The predicted octanol–water partition coefficient (Wildman–Crippen LogP) is 1.04. The van der Waals surface area contributed by atoms with Gasteiger partial charge in [-0.3, -0.25) is 9.69 Å². The van der Waals surface area contributed by atoms with E-state index in [0.717, 1.165) is 26.2 Å². The molecule has 1 aromatic rings. The second-order valence-corrected chi connectivity index (χ2v) is 5.68. The number of anilines is 1. The van der Waals surface area contributed by atoms with E-state index < -0.39 is 5.54 Å². The monoisotopic (exact) mass is 277 g/mol. The quantitative estimate of drug-likeness (QED) is 0.867. The van der Waals surface area contributed by atoms with Crippen molar-refractivity contribution in [1.82, 2.24) is 10.2 Å². The highest BCUT2D eigenvalue weighted by Gasteiger charge is 2.37. The largest absolute Gasteiger partial charge is 0.508 e. The van der Waals surface area contributed by atoms with Gasteiger partial charge in [0.25, 0.3) is 0 Å². The number of nitrogens with one attached hydrogen (secondary N) is 1. The summed E-state index contributed by atoms with van der Waals surface area (Å²) in [5.74, 6) is 0.201. The SMILES string of the molecule is CN(C(=O)C(C)(C)N1CCNCC1)c1cccc(O)c1. The van der Waals surface area contributed by atoms with Gasteiger partial charge < -0.3 is 15.3 Å². The van der Waals surface area contributed by atoms with Crippen molar-refractivity contribution in [2.75, 3.05) is 38.1 Å². The molecule has 1 heterocycles. The summed E-state index contributed by atoms with van der Waals surface area (Å²) < 4.78 is 0. The number of hydrogen-bond acceptors (Lipinski definition) is 4. The van der Waals surface area contributed by atoms with Crippen LogP contribution in [0.4, 0.5) is 5.69 Å². The van der Waals surface area contributed by atoms with E-state index in [1.54, 1.807) is 30.1 Å². The Morgan fingerprint density at radius 3 is 2.60 bits per heavy atom. The van der Waals surface area contributed by atoms with Crippen molar-refractivity contribution in [1.29, 1.82) is 0 Å². The molecule has 0 atom stereocenters. The van der Waals surface area contributed by atoms with Crippen molar-refractivity contribution >= 4 is 11.6 Å². The van der Waals surface area contributed by atoms with E-state index in [0.29, 0.717) is 5.69 Å². The lowest BCUT2D eigenvalue weighted by Gasteiger charge is -2.41. The van der Waals surface area contributed by atoms with E-state index in [2.05, 4.69) is 10.2 Å². The van der Waals surface area contributed by atoms with Gasteiger partial charge in [-0.05, 0) is 26.0 Å². The smallest absolute Gasteiger partial charge is 0.246 e. The zero-order valence-electron chi connectivity index (χ0n) is 12.4. The maximum atomic E-state index is 12.8. The molecule has 0 spiro atoms. The summed E-state index contributed by atoms with van der Waals surface area (Å²) in [6.07, 6.45) is 0. The number of carbonyl (C=O) groups excluding carboxylic acids is 1. The fraction of sp³-hybridized carbons (Fsp3) is 0.533. The minimum absolute atomic E-state index is 0.0324. The summed E-state index contributed by atoms with van der Waals surface area (Å²) in [6.45, 7) is 7.47. The third-order valence-corrected chi connectivity index (χ3v) is 3.95. The molecule has 1 amide bonds. The van der Waals surface area contributed by atoms with Crippen molar-refractivity contribution in [2.24, 2.45) is 0 Å². The molecule has 5 nitrogen and oxygen atoms in total. The number of hydrogen-bond donors (Lipinski definition) is 2. The van der Waals surface area contributed by atoms with Crippen molar-refractivity contribution in [3.63, 3.8) is 0 Å². The van der Waals surface area contributed by atoms with Crippen LogP contribution in [0, 0.1) is 0 Å². The van der Waals surface area contributed by atoms with Gasteiger partial charge in [0.15, 0.2) is 0 Å². The van der Waals surface area contributed by atoms with Crippen LogP contribution < -0.4 is 10.2 Å². The van der Waals surface area contributed by atoms with Crippen LogP contribution in [-0.4, -0.2) is 54.7 Å². The predicted molar refractivity (Wildman–Crippen MR) is 80.0 cm³/mol.